The molecule has 7 heteroatoms. The normalized spacial score (nSPS) is 13.0. The number of thiophene rings is 1. The highest BCUT2D eigenvalue weighted by atomic mass is 32.1. The number of nitrogens with zero attached hydrogens (tertiary/aromatic N) is 5. The molecule has 2 heterocycles. The van der Waals surface area contributed by atoms with Gasteiger partial charge in [0.15, 0.2) is 5.84 Å². The van der Waals surface area contributed by atoms with Crippen LogP contribution in [0.25, 0.3) is 44.3 Å². The monoisotopic (exact) mass is 782 g/mol. The number of aromatic nitrogens is 1. The second-order valence-corrected chi connectivity index (χ2v) is 15.6. The third kappa shape index (κ3) is 7.17. The van der Waals surface area contributed by atoms with Crippen LogP contribution in [0.1, 0.15) is 56.4 Å². The smallest absolute Gasteiger partial charge is 0.236 e. The molecule has 1 aliphatic rings. The topological polar surface area (TPSA) is 80.4 Å². The lowest BCUT2D eigenvalue weighted by molar-refractivity contribution is 1.06. The van der Waals surface area contributed by atoms with E-state index in [1.807, 2.05) is 96.4 Å². The lowest BCUT2D eigenvalue weighted by Crippen LogP contribution is -2.14. The molecular formula is C52H42N6S. The molecule has 9 rings (SSSR count). The molecule has 6 aromatic carbocycles. The molecule has 0 fully saturated rings. The molecular weight excluding hydrogens is 741 g/mol. The second-order valence-electron chi connectivity index (χ2n) is 14.5. The average molecular weight is 783 g/mol. The average Bonchev–Trinajstić information content (AvgIpc) is 3.93. The standard InChI is InChI=1S/C52H42N6S/c1-4-17-44-40(5-2)41-24-12-14-26-45(41)58(44)52(54-3)57-51(36-20-10-7-11-21-36)55-33-39-23-16-22-38-32-37-29-28-34(30-43(37)48(38)39)31-47-49(42-25-13-15-27-46(42)59-47)56-50(53)35-18-8-6-9-19-35/h4-30H,2-3,31-33H2,1H3,(H2,53,56)/b17-4-,55-51?,57-52?. The van der Waals surface area contributed by atoms with Gasteiger partial charge >= 0.3 is 0 Å². The summed E-state index contributed by atoms with van der Waals surface area (Å²) >= 11 is 1.78. The van der Waals surface area contributed by atoms with Gasteiger partial charge in [0, 0.05) is 43.5 Å². The Morgan fingerprint density at radius 1 is 0.797 bits per heavy atom. The Bertz CT molecular complexity index is 3020. The van der Waals surface area contributed by atoms with Crippen molar-refractivity contribution in [2.24, 2.45) is 25.7 Å². The molecule has 59 heavy (non-hydrogen) atoms. The summed E-state index contributed by atoms with van der Waals surface area (Å²) in [6.07, 6.45) is 7.58. The van der Waals surface area contributed by atoms with E-state index in [2.05, 4.69) is 97.2 Å². The van der Waals surface area contributed by atoms with Crippen LogP contribution in [0.15, 0.2) is 178 Å². The number of benzene rings is 6. The van der Waals surface area contributed by atoms with Gasteiger partial charge in [-0.15, -0.1) is 11.3 Å². The molecule has 0 radical (unpaired) electrons. The quantitative estimate of drug-likeness (QED) is 0.115. The van der Waals surface area contributed by atoms with Crippen molar-refractivity contribution in [1.82, 2.24) is 4.57 Å². The van der Waals surface area contributed by atoms with Gasteiger partial charge in [0.25, 0.3) is 0 Å². The number of fused-ring (bicyclic) bond motifs is 5. The molecule has 2 aromatic heterocycles. The van der Waals surface area contributed by atoms with E-state index >= 15 is 0 Å². The largest absolute Gasteiger partial charge is 0.383 e. The number of para-hydroxylation sites is 1. The van der Waals surface area contributed by atoms with Gasteiger partial charge in [-0.05, 0) is 71.7 Å². The third-order valence-corrected chi connectivity index (χ3v) is 12.0. The van der Waals surface area contributed by atoms with Gasteiger partial charge in [-0.1, -0.05) is 152 Å². The van der Waals surface area contributed by atoms with Crippen LogP contribution in [0, 0.1) is 0 Å². The van der Waals surface area contributed by atoms with Gasteiger partial charge in [-0.25, -0.2) is 9.98 Å². The lowest BCUT2D eigenvalue weighted by Gasteiger charge is -2.12. The van der Waals surface area contributed by atoms with Crippen LogP contribution < -0.4 is 5.73 Å². The summed E-state index contributed by atoms with van der Waals surface area (Å²) in [5.74, 6) is 1.53. The molecule has 0 atom stereocenters. The number of allylic oxidation sites excluding steroid dienone is 1. The van der Waals surface area contributed by atoms with E-state index in [1.54, 1.807) is 11.3 Å². The first kappa shape index (κ1) is 37.4. The van der Waals surface area contributed by atoms with Crippen molar-refractivity contribution in [1.29, 1.82) is 0 Å². The summed E-state index contributed by atoms with van der Waals surface area (Å²) < 4.78 is 3.24. The number of nitrogens with two attached hydrogens (primary N) is 1. The number of rotatable bonds is 9. The molecule has 0 spiro atoms. The first-order valence-corrected chi connectivity index (χ1v) is 20.5. The van der Waals surface area contributed by atoms with Crippen molar-refractivity contribution in [3.05, 3.63) is 208 Å². The van der Waals surface area contributed by atoms with Gasteiger partial charge in [0.2, 0.25) is 5.96 Å². The van der Waals surface area contributed by atoms with Crippen LogP contribution in [0.5, 0.6) is 0 Å². The summed E-state index contributed by atoms with van der Waals surface area (Å²) in [6, 6.07) is 50.2. The van der Waals surface area contributed by atoms with Crippen molar-refractivity contribution in [3.8, 4) is 11.1 Å². The Hall–Kier alpha value is -7.22. The molecule has 0 bridgehead atoms. The third-order valence-electron chi connectivity index (χ3n) is 10.8. The molecule has 6 nitrogen and oxygen atoms in total. The molecule has 0 saturated heterocycles. The second kappa shape index (κ2) is 16.3. The Balaban J connectivity index is 1.10. The SMILES string of the molecule is C=Cc1c(/C=C\C)n(C(N=C)=NC(=NCc2cccc3c2-c2cc(Cc4sc5ccccc5c4N=C(N)c4ccccc4)ccc2C3)c2ccccc2)c2ccccc12. The maximum atomic E-state index is 6.60. The van der Waals surface area contributed by atoms with Gasteiger partial charge in [-0.3, -0.25) is 9.56 Å². The van der Waals surface area contributed by atoms with Gasteiger partial charge in [-0.2, -0.15) is 4.99 Å². The predicted octanol–water partition coefficient (Wildman–Crippen LogP) is 12.3. The molecule has 0 saturated carbocycles. The van der Waals surface area contributed by atoms with Crippen LogP contribution in [-0.4, -0.2) is 28.9 Å². The number of amidine groups is 2. The van der Waals surface area contributed by atoms with Crippen LogP contribution in [-0.2, 0) is 19.4 Å². The minimum atomic E-state index is 0.436. The van der Waals surface area contributed by atoms with Crippen LogP contribution in [0.4, 0.5) is 5.69 Å². The zero-order chi connectivity index (χ0) is 40.3. The minimum absolute atomic E-state index is 0.436. The highest BCUT2D eigenvalue weighted by molar-refractivity contribution is 7.19. The van der Waals surface area contributed by atoms with Crippen molar-refractivity contribution >= 4 is 74.5 Å². The van der Waals surface area contributed by atoms with Gasteiger partial charge in [0.05, 0.1) is 23.4 Å². The van der Waals surface area contributed by atoms with Gasteiger partial charge < -0.3 is 5.73 Å². The van der Waals surface area contributed by atoms with E-state index in [0.717, 1.165) is 62.8 Å². The number of aliphatic imine (C=N–C) groups is 4. The molecule has 8 aromatic rings. The maximum Gasteiger partial charge on any atom is 0.236 e. The molecule has 286 valence electrons. The summed E-state index contributed by atoms with van der Waals surface area (Å²) in [7, 11) is 0. The van der Waals surface area contributed by atoms with E-state index < -0.39 is 0 Å². The first-order chi connectivity index (χ1) is 29.0. The Labute approximate surface area is 348 Å². The van der Waals surface area contributed by atoms with E-state index in [0.29, 0.717) is 24.2 Å². The highest BCUT2D eigenvalue weighted by Crippen LogP contribution is 2.43. The number of hydrogen-bond donors (Lipinski definition) is 1. The fraction of sp³-hybridized carbons (Fsp3) is 0.0769. The maximum absolute atomic E-state index is 6.60. The molecule has 0 amide bonds. The number of hydrogen-bond acceptors (Lipinski definition) is 3. The zero-order valence-electron chi connectivity index (χ0n) is 32.8. The zero-order valence-corrected chi connectivity index (χ0v) is 33.7. The summed E-state index contributed by atoms with van der Waals surface area (Å²) in [4.78, 5) is 21.2. The first-order valence-electron chi connectivity index (χ1n) is 19.7. The fourth-order valence-electron chi connectivity index (χ4n) is 8.13. The van der Waals surface area contributed by atoms with E-state index in [1.165, 1.54) is 37.4 Å². The lowest BCUT2D eigenvalue weighted by atomic mass is 9.97. The van der Waals surface area contributed by atoms with E-state index in [9.17, 15) is 0 Å². The van der Waals surface area contributed by atoms with E-state index in [-0.39, 0.29) is 0 Å². The Kier molecular flexibility index (Phi) is 10.3. The van der Waals surface area contributed by atoms with Crippen LogP contribution in [0.2, 0.25) is 0 Å². The van der Waals surface area contributed by atoms with Crippen molar-refractivity contribution < 1.29 is 0 Å². The predicted molar refractivity (Wildman–Crippen MR) is 252 cm³/mol. The van der Waals surface area contributed by atoms with Crippen LogP contribution in [0.3, 0.4) is 0 Å². The van der Waals surface area contributed by atoms with Crippen molar-refractivity contribution in [3.63, 3.8) is 0 Å². The molecule has 1 aliphatic carbocycles. The fourth-order valence-corrected chi connectivity index (χ4v) is 9.31. The Morgan fingerprint density at radius 2 is 1.53 bits per heavy atom. The Morgan fingerprint density at radius 3 is 2.29 bits per heavy atom. The summed E-state index contributed by atoms with van der Waals surface area (Å²) in [6.45, 7) is 10.6. The molecule has 2 N–H and O–H groups in total. The summed E-state index contributed by atoms with van der Waals surface area (Å²) in [5, 5.41) is 2.18. The summed E-state index contributed by atoms with van der Waals surface area (Å²) in [5.41, 5.74) is 19.8. The van der Waals surface area contributed by atoms with Gasteiger partial charge in [0.1, 0.15) is 5.84 Å². The molecule has 0 aliphatic heterocycles. The van der Waals surface area contributed by atoms with Crippen molar-refractivity contribution in [2.75, 3.05) is 0 Å². The van der Waals surface area contributed by atoms with Crippen LogP contribution >= 0.6 is 11.3 Å². The molecule has 0 unspecified atom stereocenters. The van der Waals surface area contributed by atoms with Crippen molar-refractivity contribution in [2.45, 2.75) is 26.3 Å². The minimum Gasteiger partial charge on any atom is -0.383 e. The van der Waals surface area contributed by atoms with E-state index in [4.69, 9.17) is 20.7 Å². The highest BCUT2D eigenvalue weighted by Gasteiger charge is 2.23.